The molecule has 2 N–H and O–H groups in total. The van der Waals surface area contributed by atoms with E-state index in [0.29, 0.717) is 5.92 Å². The zero-order valence-corrected chi connectivity index (χ0v) is 12.5. The molecule has 0 aromatic heterocycles. The van der Waals surface area contributed by atoms with Crippen LogP contribution in [0.3, 0.4) is 0 Å². The van der Waals surface area contributed by atoms with E-state index in [2.05, 4.69) is 29.4 Å². The molecule has 1 amide bonds. The average molecular weight is 267 g/mol. The monoisotopic (exact) mass is 267 g/mol. The molecule has 0 aliphatic carbocycles. The lowest BCUT2D eigenvalue weighted by atomic mass is 9.92. The van der Waals surface area contributed by atoms with E-state index in [4.69, 9.17) is 0 Å². The number of carbonyl (C=O) groups excluding carboxylic acids is 1. The minimum absolute atomic E-state index is 0.227. The summed E-state index contributed by atoms with van der Waals surface area (Å²) in [6, 6.07) is 0. The Balaban J connectivity index is 1.74. The molecule has 0 saturated carbocycles. The third kappa shape index (κ3) is 3.48. The van der Waals surface area contributed by atoms with E-state index >= 15 is 0 Å². The van der Waals surface area contributed by atoms with Crippen LogP contribution in [-0.2, 0) is 4.79 Å². The maximum atomic E-state index is 12.4. The largest absolute Gasteiger partial charge is 0.354 e. The molecule has 110 valence electrons. The van der Waals surface area contributed by atoms with Crippen LogP contribution in [0.15, 0.2) is 0 Å². The minimum Gasteiger partial charge on any atom is -0.354 e. The molecule has 2 rings (SSSR count). The van der Waals surface area contributed by atoms with Crippen LogP contribution < -0.4 is 10.6 Å². The van der Waals surface area contributed by atoms with Crippen LogP contribution in [0.1, 0.15) is 46.0 Å². The molecule has 0 aromatic carbocycles. The van der Waals surface area contributed by atoms with Crippen molar-refractivity contribution in [2.75, 3.05) is 32.7 Å². The summed E-state index contributed by atoms with van der Waals surface area (Å²) in [6.45, 7) is 9.71. The molecule has 2 heterocycles. The molecule has 4 nitrogen and oxygen atoms in total. The summed E-state index contributed by atoms with van der Waals surface area (Å²) < 4.78 is 0. The molecule has 2 aliphatic rings. The van der Waals surface area contributed by atoms with Crippen molar-refractivity contribution in [3.05, 3.63) is 0 Å². The normalized spacial score (nSPS) is 29.6. The number of carbonyl (C=O) groups is 1. The van der Waals surface area contributed by atoms with Crippen molar-refractivity contribution in [1.82, 2.24) is 15.5 Å². The smallest absolute Gasteiger partial charge is 0.240 e. The fourth-order valence-electron chi connectivity index (χ4n) is 3.38. The predicted octanol–water partition coefficient (Wildman–Crippen LogP) is 1.37. The molecule has 0 spiro atoms. The summed E-state index contributed by atoms with van der Waals surface area (Å²) in [5.74, 6) is 0.896. The van der Waals surface area contributed by atoms with Gasteiger partial charge in [0.2, 0.25) is 5.91 Å². The van der Waals surface area contributed by atoms with Gasteiger partial charge in [-0.05, 0) is 64.2 Å². The molecule has 2 aliphatic heterocycles. The van der Waals surface area contributed by atoms with Crippen LogP contribution in [0.5, 0.6) is 0 Å². The summed E-state index contributed by atoms with van der Waals surface area (Å²) in [5.41, 5.74) is -0.274. The van der Waals surface area contributed by atoms with E-state index in [0.717, 1.165) is 38.9 Å². The van der Waals surface area contributed by atoms with Crippen molar-refractivity contribution in [3.63, 3.8) is 0 Å². The number of nitrogens with zero attached hydrogens (tertiary/aromatic N) is 1. The lowest BCUT2D eigenvalue weighted by Crippen LogP contribution is -2.54. The highest BCUT2D eigenvalue weighted by Crippen LogP contribution is 2.23. The number of piperidine rings is 1. The van der Waals surface area contributed by atoms with Gasteiger partial charge in [-0.25, -0.2) is 0 Å². The van der Waals surface area contributed by atoms with Crippen LogP contribution in [0.4, 0.5) is 0 Å². The highest BCUT2D eigenvalue weighted by molar-refractivity contribution is 5.86. The number of hydrogen-bond acceptors (Lipinski definition) is 3. The van der Waals surface area contributed by atoms with E-state index in [9.17, 15) is 4.79 Å². The third-order valence-electron chi connectivity index (χ3n) is 4.99. The quantitative estimate of drug-likeness (QED) is 0.791. The maximum absolute atomic E-state index is 12.4. The van der Waals surface area contributed by atoms with Gasteiger partial charge in [0.15, 0.2) is 0 Å². The van der Waals surface area contributed by atoms with Crippen molar-refractivity contribution >= 4 is 5.91 Å². The van der Waals surface area contributed by atoms with E-state index < -0.39 is 0 Å². The first-order valence-corrected chi connectivity index (χ1v) is 7.96. The fourth-order valence-corrected chi connectivity index (χ4v) is 3.38. The molecular weight excluding hydrogens is 238 g/mol. The maximum Gasteiger partial charge on any atom is 0.240 e. The fraction of sp³-hybridized carbons (Fsp3) is 0.933. The first kappa shape index (κ1) is 14.8. The lowest BCUT2D eigenvalue weighted by molar-refractivity contribution is -0.127. The van der Waals surface area contributed by atoms with Crippen LogP contribution in [-0.4, -0.2) is 49.1 Å². The predicted molar refractivity (Wildman–Crippen MR) is 78.1 cm³/mol. The van der Waals surface area contributed by atoms with Gasteiger partial charge in [-0.15, -0.1) is 0 Å². The van der Waals surface area contributed by atoms with Gasteiger partial charge < -0.3 is 15.5 Å². The number of amides is 1. The molecule has 1 unspecified atom stereocenters. The molecule has 0 radical (unpaired) electrons. The second-order valence-corrected chi connectivity index (χ2v) is 6.05. The highest BCUT2D eigenvalue weighted by Gasteiger charge is 2.39. The van der Waals surface area contributed by atoms with Gasteiger partial charge in [0.1, 0.15) is 0 Å². The average Bonchev–Trinajstić information content (AvgIpc) is 2.95. The second kappa shape index (κ2) is 6.71. The first-order chi connectivity index (χ1) is 9.20. The van der Waals surface area contributed by atoms with E-state index in [-0.39, 0.29) is 11.4 Å². The molecule has 4 heteroatoms. The Morgan fingerprint density at radius 3 is 2.63 bits per heavy atom. The van der Waals surface area contributed by atoms with Gasteiger partial charge in [-0.1, -0.05) is 13.8 Å². The SMILES string of the molecule is CCN1CCC(CNC(=O)C2(CC)CCCN2)CC1. The Morgan fingerprint density at radius 1 is 1.37 bits per heavy atom. The summed E-state index contributed by atoms with van der Waals surface area (Å²) in [6.07, 6.45) is 5.45. The van der Waals surface area contributed by atoms with Gasteiger partial charge in [0.25, 0.3) is 0 Å². The molecule has 2 fully saturated rings. The van der Waals surface area contributed by atoms with Crippen LogP contribution in [0.25, 0.3) is 0 Å². The van der Waals surface area contributed by atoms with Crippen molar-refractivity contribution in [3.8, 4) is 0 Å². The molecule has 19 heavy (non-hydrogen) atoms. The number of rotatable bonds is 5. The summed E-state index contributed by atoms with van der Waals surface area (Å²) in [4.78, 5) is 14.9. The van der Waals surface area contributed by atoms with Crippen molar-refractivity contribution in [1.29, 1.82) is 0 Å². The zero-order valence-electron chi connectivity index (χ0n) is 12.5. The van der Waals surface area contributed by atoms with E-state index in [1.165, 1.54) is 25.9 Å². The molecular formula is C15H29N3O. The summed E-state index contributed by atoms with van der Waals surface area (Å²) in [5, 5.41) is 6.60. The number of nitrogens with one attached hydrogen (secondary N) is 2. The molecule has 0 aromatic rings. The first-order valence-electron chi connectivity index (χ1n) is 7.96. The van der Waals surface area contributed by atoms with E-state index in [1.807, 2.05) is 0 Å². The van der Waals surface area contributed by atoms with Crippen LogP contribution in [0, 0.1) is 5.92 Å². The molecule has 1 atom stereocenters. The standard InChI is InChI=1S/C15H29N3O/c1-3-15(8-5-9-17-15)14(19)16-12-13-6-10-18(4-2)11-7-13/h13,17H,3-12H2,1-2H3,(H,16,19). The zero-order chi connectivity index (χ0) is 13.7. The Hall–Kier alpha value is -0.610. The van der Waals surface area contributed by atoms with Gasteiger partial charge in [0.05, 0.1) is 5.54 Å². The molecule has 0 bridgehead atoms. The number of likely N-dealkylation sites (tertiary alicyclic amines) is 1. The Labute approximate surface area is 117 Å². The topological polar surface area (TPSA) is 44.4 Å². The second-order valence-electron chi connectivity index (χ2n) is 6.05. The van der Waals surface area contributed by atoms with Crippen molar-refractivity contribution in [2.45, 2.75) is 51.5 Å². The van der Waals surface area contributed by atoms with Crippen LogP contribution >= 0.6 is 0 Å². The Kier molecular flexibility index (Phi) is 5.22. The Morgan fingerprint density at radius 2 is 2.11 bits per heavy atom. The van der Waals surface area contributed by atoms with E-state index in [1.54, 1.807) is 0 Å². The summed E-state index contributed by atoms with van der Waals surface area (Å²) in [7, 11) is 0. The summed E-state index contributed by atoms with van der Waals surface area (Å²) >= 11 is 0. The van der Waals surface area contributed by atoms with Crippen molar-refractivity contribution in [2.24, 2.45) is 5.92 Å². The number of hydrogen-bond donors (Lipinski definition) is 2. The molecule has 2 saturated heterocycles. The Bertz CT molecular complexity index is 292. The van der Waals surface area contributed by atoms with Gasteiger partial charge in [-0.3, -0.25) is 4.79 Å². The van der Waals surface area contributed by atoms with Gasteiger partial charge in [0, 0.05) is 6.54 Å². The highest BCUT2D eigenvalue weighted by atomic mass is 16.2. The third-order valence-corrected chi connectivity index (χ3v) is 4.99. The van der Waals surface area contributed by atoms with Crippen molar-refractivity contribution < 1.29 is 4.79 Å². The van der Waals surface area contributed by atoms with Gasteiger partial charge in [-0.2, -0.15) is 0 Å². The lowest BCUT2D eigenvalue weighted by Gasteiger charge is -2.32. The van der Waals surface area contributed by atoms with Gasteiger partial charge >= 0.3 is 0 Å². The minimum atomic E-state index is -0.274. The van der Waals surface area contributed by atoms with Crippen LogP contribution in [0.2, 0.25) is 0 Å².